The minimum absolute atomic E-state index is 0.240. The number of rotatable bonds is 5. The molecule has 0 bridgehead atoms. The lowest BCUT2D eigenvalue weighted by Gasteiger charge is -2.12. The number of hydrogen-bond acceptors (Lipinski definition) is 2. The van der Waals surface area contributed by atoms with Crippen molar-refractivity contribution in [2.75, 3.05) is 6.61 Å². The molecule has 0 aliphatic heterocycles. The largest absolute Gasteiger partial charge is 0.396 e. The molecule has 3 nitrogen and oxygen atoms in total. The van der Waals surface area contributed by atoms with Crippen LogP contribution in [-0.2, 0) is 6.54 Å². The van der Waals surface area contributed by atoms with Crippen LogP contribution in [0.2, 0.25) is 0 Å². The molecule has 16 heavy (non-hydrogen) atoms. The summed E-state index contributed by atoms with van der Waals surface area (Å²) in [7, 11) is 0. The van der Waals surface area contributed by atoms with Gasteiger partial charge in [-0.25, -0.2) is 0 Å². The van der Waals surface area contributed by atoms with Gasteiger partial charge in [-0.2, -0.15) is 0 Å². The number of fused-ring (bicyclic) bond motifs is 1. The molecule has 0 aliphatic carbocycles. The molecule has 2 aromatic rings. The van der Waals surface area contributed by atoms with Gasteiger partial charge in [0, 0.05) is 30.9 Å². The number of hydrogen-bond donors (Lipinski definition) is 3. The Labute approximate surface area is 95.5 Å². The first-order valence-electron chi connectivity index (χ1n) is 5.70. The van der Waals surface area contributed by atoms with E-state index in [9.17, 15) is 0 Å². The van der Waals surface area contributed by atoms with Crippen molar-refractivity contribution in [3.8, 4) is 0 Å². The van der Waals surface area contributed by atoms with E-state index in [0.29, 0.717) is 6.04 Å². The molecule has 0 saturated heterocycles. The zero-order chi connectivity index (χ0) is 11.4. The highest BCUT2D eigenvalue weighted by Gasteiger charge is 2.01. The third-order valence-electron chi connectivity index (χ3n) is 2.84. The average molecular weight is 218 g/mol. The third kappa shape index (κ3) is 2.62. The molecular weight excluding hydrogens is 200 g/mol. The molecule has 0 fully saturated rings. The van der Waals surface area contributed by atoms with Crippen LogP contribution in [0.25, 0.3) is 10.9 Å². The molecule has 0 saturated carbocycles. The Bertz CT molecular complexity index is 450. The van der Waals surface area contributed by atoms with Crippen LogP contribution in [0.3, 0.4) is 0 Å². The van der Waals surface area contributed by atoms with E-state index in [0.717, 1.165) is 13.0 Å². The zero-order valence-electron chi connectivity index (χ0n) is 9.53. The van der Waals surface area contributed by atoms with E-state index in [1.807, 2.05) is 6.20 Å². The summed E-state index contributed by atoms with van der Waals surface area (Å²) in [6.45, 7) is 3.17. The van der Waals surface area contributed by atoms with E-state index in [1.54, 1.807) is 0 Å². The monoisotopic (exact) mass is 218 g/mol. The van der Waals surface area contributed by atoms with Crippen molar-refractivity contribution >= 4 is 10.9 Å². The number of aliphatic hydroxyl groups is 1. The summed E-state index contributed by atoms with van der Waals surface area (Å²) in [6.07, 6.45) is 2.75. The molecule has 3 heteroatoms. The van der Waals surface area contributed by atoms with Crippen molar-refractivity contribution < 1.29 is 5.11 Å². The minimum atomic E-state index is 0.240. The van der Waals surface area contributed by atoms with Gasteiger partial charge >= 0.3 is 0 Å². The van der Waals surface area contributed by atoms with Crippen molar-refractivity contribution in [2.45, 2.75) is 25.9 Å². The van der Waals surface area contributed by atoms with Gasteiger partial charge in [0.1, 0.15) is 0 Å². The number of aromatic amines is 1. The maximum atomic E-state index is 8.80. The first kappa shape index (κ1) is 11.2. The molecule has 0 radical (unpaired) electrons. The van der Waals surface area contributed by atoms with Crippen LogP contribution in [0, 0.1) is 0 Å². The van der Waals surface area contributed by atoms with E-state index >= 15 is 0 Å². The smallest absolute Gasteiger partial charge is 0.0457 e. The number of benzene rings is 1. The van der Waals surface area contributed by atoms with Crippen molar-refractivity contribution in [3.05, 3.63) is 36.0 Å². The van der Waals surface area contributed by atoms with Crippen LogP contribution in [0.5, 0.6) is 0 Å². The zero-order valence-corrected chi connectivity index (χ0v) is 9.53. The van der Waals surface area contributed by atoms with Gasteiger partial charge in [-0.15, -0.1) is 0 Å². The van der Waals surface area contributed by atoms with Crippen LogP contribution in [0.4, 0.5) is 0 Å². The molecule has 3 N–H and O–H groups in total. The summed E-state index contributed by atoms with van der Waals surface area (Å²) in [5.41, 5.74) is 2.44. The third-order valence-corrected chi connectivity index (χ3v) is 2.84. The number of aromatic nitrogens is 1. The molecule has 0 amide bonds. The summed E-state index contributed by atoms with van der Waals surface area (Å²) in [4.78, 5) is 3.20. The fraction of sp³-hybridized carbons (Fsp3) is 0.385. The quantitative estimate of drug-likeness (QED) is 0.719. The maximum absolute atomic E-state index is 8.80. The Morgan fingerprint density at radius 1 is 1.38 bits per heavy atom. The average Bonchev–Trinajstić information content (AvgIpc) is 2.74. The van der Waals surface area contributed by atoms with Gasteiger partial charge in [-0.1, -0.05) is 12.1 Å². The van der Waals surface area contributed by atoms with Crippen LogP contribution < -0.4 is 5.32 Å². The van der Waals surface area contributed by atoms with Crippen LogP contribution in [0.15, 0.2) is 30.5 Å². The summed E-state index contributed by atoms with van der Waals surface area (Å²) in [6, 6.07) is 8.84. The Kier molecular flexibility index (Phi) is 3.59. The number of H-pyrrole nitrogens is 1. The number of nitrogens with one attached hydrogen (secondary N) is 2. The van der Waals surface area contributed by atoms with Crippen molar-refractivity contribution in [1.29, 1.82) is 0 Å². The number of aliphatic hydroxyl groups excluding tert-OH is 1. The molecule has 1 atom stereocenters. The summed E-state index contributed by atoms with van der Waals surface area (Å²) >= 11 is 0. The molecule has 1 aromatic carbocycles. The highest BCUT2D eigenvalue weighted by atomic mass is 16.3. The van der Waals surface area contributed by atoms with Crippen molar-refractivity contribution in [1.82, 2.24) is 10.3 Å². The van der Waals surface area contributed by atoms with E-state index < -0.39 is 0 Å². The Hall–Kier alpha value is -1.32. The Balaban J connectivity index is 1.98. The van der Waals surface area contributed by atoms with E-state index in [-0.39, 0.29) is 6.61 Å². The highest BCUT2D eigenvalue weighted by Crippen LogP contribution is 2.14. The van der Waals surface area contributed by atoms with E-state index in [1.165, 1.54) is 16.5 Å². The normalized spacial score (nSPS) is 13.1. The molecule has 1 aromatic heterocycles. The first-order valence-corrected chi connectivity index (χ1v) is 5.70. The summed E-state index contributed by atoms with van der Waals surface area (Å²) in [5, 5.41) is 13.4. The highest BCUT2D eigenvalue weighted by molar-refractivity contribution is 5.79. The standard InChI is InChI=1S/C13H18N2O/c1-10(5-7-16)15-9-11-2-3-12-4-6-14-13(12)8-11/h2-4,6,8,10,14-16H,5,7,9H2,1H3. The molecular formula is C13H18N2O. The van der Waals surface area contributed by atoms with Gasteiger partial charge in [0.25, 0.3) is 0 Å². The lowest BCUT2D eigenvalue weighted by molar-refractivity contribution is 0.268. The molecule has 1 unspecified atom stereocenters. The van der Waals surface area contributed by atoms with E-state index in [4.69, 9.17) is 5.11 Å². The molecule has 1 heterocycles. The van der Waals surface area contributed by atoms with Gasteiger partial charge in [-0.3, -0.25) is 0 Å². The lowest BCUT2D eigenvalue weighted by atomic mass is 10.1. The summed E-state index contributed by atoms with van der Waals surface area (Å²) < 4.78 is 0. The van der Waals surface area contributed by atoms with Crippen molar-refractivity contribution in [3.63, 3.8) is 0 Å². The van der Waals surface area contributed by atoms with Gasteiger partial charge in [0.2, 0.25) is 0 Å². The second kappa shape index (κ2) is 5.14. The van der Waals surface area contributed by atoms with Gasteiger partial charge in [-0.05, 0) is 36.4 Å². The molecule has 0 aliphatic rings. The Morgan fingerprint density at radius 3 is 3.06 bits per heavy atom. The van der Waals surface area contributed by atoms with Crippen LogP contribution in [0.1, 0.15) is 18.9 Å². The van der Waals surface area contributed by atoms with Crippen LogP contribution in [-0.4, -0.2) is 22.7 Å². The first-order chi connectivity index (χ1) is 7.79. The predicted octanol–water partition coefficient (Wildman–Crippen LogP) is 2.03. The van der Waals surface area contributed by atoms with Crippen LogP contribution >= 0.6 is 0 Å². The fourth-order valence-corrected chi connectivity index (χ4v) is 1.79. The van der Waals surface area contributed by atoms with Crippen molar-refractivity contribution in [2.24, 2.45) is 0 Å². The molecule has 0 spiro atoms. The summed E-state index contributed by atoms with van der Waals surface area (Å²) in [5.74, 6) is 0. The fourth-order valence-electron chi connectivity index (χ4n) is 1.79. The molecule has 86 valence electrons. The Morgan fingerprint density at radius 2 is 2.25 bits per heavy atom. The van der Waals surface area contributed by atoms with Gasteiger partial charge in [0.15, 0.2) is 0 Å². The topological polar surface area (TPSA) is 48.0 Å². The maximum Gasteiger partial charge on any atom is 0.0457 e. The lowest BCUT2D eigenvalue weighted by Crippen LogP contribution is -2.26. The second-order valence-corrected chi connectivity index (χ2v) is 4.19. The van der Waals surface area contributed by atoms with E-state index in [2.05, 4.69) is 41.5 Å². The SMILES string of the molecule is CC(CCO)NCc1ccc2cc[nH]c2c1. The van der Waals surface area contributed by atoms with Gasteiger partial charge in [0.05, 0.1) is 0 Å². The molecule has 2 rings (SSSR count). The van der Waals surface area contributed by atoms with Gasteiger partial charge < -0.3 is 15.4 Å². The minimum Gasteiger partial charge on any atom is -0.396 e. The predicted molar refractivity (Wildman–Crippen MR) is 66.3 cm³/mol. The second-order valence-electron chi connectivity index (χ2n) is 4.19.